The molecule has 0 saturated heterocycles. The lowest BCUT2D eigenvalue weighted by molar-refractivity contribution is 0.0699. The molecule has 20 heavy (non-hydrogen) atoms. The molecule has 4 nitrogen and oxygen atoms in total. The van der Waals surface area contributed by atoms with Gasteiger partial charge < -0.3 is 10.0 Å². The Labute approximate surface area is 118 Å². The summed E-state index contributed by atoms with van der Waals surface area (Å²) in [4.78, 5) is 17.9. The van der Waals surface area contributed by atoms with E-state index >= 15 is 0 Å². The summed E-state index contributed by atoms with van der Waals surface area (Å²) in [5.41, 5.74) is 0.921. The minimum absolute atomic E-state index is 0.253. The molecule has 0 unspecified atom stereocenters. The Bertz CT molecular complexity index is 674. The zero-order chi connectivity index (χ0) is 14.5. The molecule has 2 rings (SSSR count). The Kier molecular flexibility index (Phi) is 4.21. The number of benzene rings is 1. The van der Waals surface area contributed by atoms with E-state index in [0.29, 0.717) is 23.3 Å². The fourth-order valence-electron chi connectivity index (χ4n) is 2.16. The first-order chi connectivity index (χ1) is 9.67. The smallest absolute Gasteiger partial charge is 0.336 e. The Morgan fingerprint density at radius 2 is 2.20 bits per heavy atom. The van der Waals surface area contributed by atoms with Gasteiger partial charge in [0.25, 0.3) is 0 Å². The first-order valence-electron chi connectivity index (χ1n) is 6.49. The molecule has 0 aliphatic heterocycles. The van der Waals surface area contributed by atoms with Crippen LogP contribution in [0.15, 0.2) is 30.3 Å². The third-order valence-corrected chi connectivity index (χ3v) is 3.03. The molecule has 0 spiro atoms. The molecule has 0 saturated carbocycles. The van der Waals surface area contributed by atoms with E-state index in [1.165, 1.54) is 0 Å². The molecule has 0 atom stereocenters. The van der Waals surface area contributed by atoms with Gasteiger partial charge in [0, 0.05) is 11.9 Å². The van der Waals surface area contributed by atoms with E-state index in [1.54, 1.807) is 18.2 Å². The number of hydrogen-bond acceptors (Lipinski definition) is 3. The van der Waals surface area contributed by atoms with Crippen LogP contribution in [-0.2, 0) is 0 Å². The van der Waals surface area contributed by atoms with Crippen LogP contribution in [0.25, 0.3) is 10.9 Å². The quantitative estimate of drug-likeness (QED) is 0.847. The molecule has 0 radical (unpaired) electrons. The van der Waals surface area contributed by atoms with Crippen molar-refractivity contribution in [3.63, 3.8) is 0 Å². The standard InChI is InChI=1S/C16H16N2O2/c1-3-9-18(10-4-2)15-11-13(16(19)20)12-7-5-6-8-14(12)17-15/h1,5-8,11H,4,9-10H2,2H3,(H,19,20). The molecule has 1 aromatic heterocycles. The van der Waals surface area contributed by atoms with E-state index < -0.39 is 5.97 Å². The highest BCUT2D eigenvalue weighted by Gasteiger charge is 2.14. The molecule has 1 N–H and O–H groups in total. The van der Waals surface area contributed by atoms with Crippen LogP contribution in [0.3, 0.4) is 0 Å². The van der Waals surface area contributed by atoms with E-state index in [2.05, 4.69) is 10.9 Å². The van der Waals surface area contributed by atoms with E-state index in [4.69, 9.17) is 6.42 Å². The summed E-state index contributed by atoms with van der Waals surface area (Å²) >= 11 is 0. The topological polar surface area (TPSA) is 53.4 Å². The van der Waals surface area contributed by atoms with E-state index in [9.17, 15) is 9.90 Å². The van der Waals surface area contributed by atoms with Gasteiger partial charge in [-0.1, -0.05) is 31.0 Å². The van der Waals surface area contributed by atoms with Gasteiger partial charge in [-0.2, -0.15) is 0 Å². The highest BCUT2D eigenvalue weighted by Crippen LogP contribution is 2.23. The van der Waals surface area contributed by atoms with Crippen molar-refractivity contribution in [3.05, 3.63) is 35.9 Å². The third-order valence-electron chi connectivity index (χ3n) is 3.03. The van der Waals surface area contributed by atoms with Crippen LogP contribution in [0.1, 0.15) is 23.7 Å². The lowest BCUT2D eigenvalue weighted by atomic mass is 10.1. The summed E-state index contributed by atoms with van der Waals surface area (Å²) in [5.74, 6) is 2.24. The maximum absolute atomic E-state index is 11.4. The molecule has 0 aliphatic rings. The largest absolute Gasteiger partial charge is 0.478 e. The summed E-state index contributed by atoms with van der Waals surface area (Å²) in [6, 6.07) is 8.82. The number of rotatable bonds is 5. The fraction of sp³-hybridized carbons (Fsp3) is 0.250. The van der Waals surface area contributed by atoms with Gasteiger partial charge >= 0.3 is 5.97 Å². The molecule has 4 heteroatoms. The summed E-state index contributed by atoms with van der Waals surface area (Å²) < 4.78 is 0. The predicted molar refractivity (Wildman–Crippen MR) is 80.0 cm³/mol. The number of fused-ring (bicyclic) bond motifs is 1. The van der Waals surface area contributed by atoms with Gasteiger partial charge in [-0.25, -0.2) is 9.78 Å². The molecule has 2 aromatic rings. The number of carboxylic acid groups (broad SMARTS) is 1. The molecule has 102 valence electrons. The van der Waals surface area contributed by atoms with Crippen LogP contribution in [-0.4, -0.2) is 29.1 Å². The zero-order valence-corrected chi connectivity index (χ0v) is 11.3. The van der Waals surface area contributed by atoms with Crippen molar-refractivity contribution in [1.82, 2.24) is 4.98 Å². The fourth-order valence-corrected chi connectivity index (χ4v) is 2.16. The normalized spacial score (nSPS) is 10.2. The lowest BCUT2D eigenvalue weighted by Crippen LogP contribution is -2.25. The highest BCUT2D eigenvalue weighted by atomic mass is 16.4. The van der Waals surface area contributed by atoms with Gasteiger partial charge in [0.15, 0.2) is 0 Å². The third kappa shape index (κ3) is 2.72. The van der Waals surface area contributed by atoms with Crippen LogP contribution in [0, 0.1) is 12.3 Å². The Hall–Kier alpha value is -2.54. The number of aromatic nitrogens is 1. The van der Waals surface area contributed by atoms with Gasteiger partial charge in [-0.15, -0.1) is 6.42 Å². The Morgan fingerprint density at radius 1 is 1.45 bits per heavy atom. The molecular formula is C16H16N2O2. The first-order valence-corrected chi connectivity index (χ1v) is 6.49. The second kappa shape index (κ2) is 6.07. The van der Waals surface area contributed by atoms with Gasteiger partial charge in [-0.05, 0) is 18.6 Å². The molecule has 0 bridgehead atoms. The Balaban J connectivity index is 2.59. The number of para-hydroxylation sites is 1. The minimum Gasteiger partial charge on any atom is -0.478 e. The second-order valence-corrected chi connectivity index (χ2v) is 4.48. The monoisotopic (exact) mass is 268 g/mol. The maximum Gasteiger partial charge on any atom is 0.336 e. The van der Waals surface area contributed by atoms with Crippen LogP contribution >= 0.6 is 0 Å². The van der Waals surface area contributed by atoms with Crippen molar-refractivity contribution >= 4 is 22.7 Å². The average Bonchev–Trinajstić information content (AvgIpc) is 2.45. The molecule has 0 aliphatic carbocycles. The number of nitrogens with zero attached hydrogens (tertiary/aromatic N) is 2. The van der Waals surface area contributed by atoms with Crippen molar-refractivity contribution in [3.8, 4) is 12.3 Å². The zero-order valence-electron chi connectivity index (χ0n) is 11.3. The summed E-state index contributed by atoms with van der Waals surface area (Å²) in [7, 11) is 0. The van der Waals surface area contributed by atoms with Crippen LogP contribution < -0.4 is 4.90 Å². The number of hydrogen-bond donors (Lipinski definition) is 1. The van der Waals surface area contributed by atoms with Crippen molar-refractivity contribution < 1.29 is 9.90 Å². The number of pyridine rings is 1. The number of carboxylic acids is 1. The van der Waals surface area contributed by atoms with E-state index in [0.717, 1.165) is 13.0 Å². The number of aromatic carboxylic acids is 1. The maximum atomic E-state index is 11.4. The minimum atomic E-state index is -0.956. The summed E-state index contributed by atoms with van der Waals surface area (Å²) in [6.07, 6.45) is 6.29. The SMILES string of the molecule is C#CCN(CCC)c1cc(C(=O)O)c2ccccc2n1. The van der Waals surface area contributed by atoms with Crippen molar-refractivity contribution in [2.24, 2.45) is 0 Å². The second-order valence-electron chi connectivity index (χ2n) is 4.48. The molecule has 1 aromatic carbocycles. The first kappa shape index (κ1) is 13.9. The van der Waals surface area contributed by atoms with Gasteiger partial charge in [-0.3, -0.25) is 0 Å². The lowest BCUT2D eigenvalue weighted by Gasteiger charge is -2.21. The number of carbonyl (C=O) groups is 1. The van der Waals surface area contributed by atoms with Gasteiger partial charge in [0.1, 0.15) is 5.82 Å². The number of terminal acetylenes is 1. The van der Waals surface area contributed by atoms with Crippen LogP contribution in [0.4, 0.5) is 5.82 Å². The molecule has 0 fully saturated rings. The van der Waals surface area contributed by atoms with Gasteiger partial charge in [0.05, 0.1) is 17.6 Å². The Morgan fingerprint density at radius 3 is 2.85 bits per heavy atom. The van der Waals surface area contributed by atoms with Crippen molar-refractivity contribution in [2.75, 3.05) is 18.0 Å². The molecular weight excluding hydrogens is 252 g/mol. The molecule has 1 heterocycles. The van der Waals surface area contributed by atoms with Crippen LogP contribution in [0.5, 0.6) is 0 Å². The average molecular weight is 268 g/mol. The van der Waals surface area contributed by atoms with Crippen LogP contribution in [0.2, 0.25) is 0 Å². The number of anilines is 1. The van der Waals surface area contributed by atoms with Gasteiger partial charge in [0.2, 0.25) is 0 Å². The van der Waals surface area contributed by atoms with Crippen molar-refractivity contribution in [2.45, 2.75) is 13.3 Å². The van der Waals surface area contributed by atoms with Crippen molar-refractivity contribution in [1.29, 1.82) is 0 Å². The summed E-state index contributed by atoms with van der Waals surface area (Å²) in [5, 5.41) is 10.0. The van der Waals surface area contributed by atoms with E-state index in [1.807, 2.05) is 24.0 Å². The van der Waals surface area contributed by atoms with E-state index in [-0.39, 0.29) is 5.56 Å². The summed E-state index contributed by atoms with van der Waals surface area (Å²) in [6.45, 7) is 3.20. The molecule has 0 amide bonds. The predicted octanol–water partition coefficient (Wildman–Crippen LogP) is 2.78. The highest BCUT2D eigenvalue weighted by molar-refractivity contribution is 6.03.